The van der Waals surface area contributed by atoms with Crippen LogP contribution in [0.1, 0.15) is 5.56 Å². The zero-order valence-corrected chi connectivity index (χ0v) is 11.0. The van der Waals surface area contributed by atoms with Crippen LogP contribution in [-0.4, -0.2) is 4.57 Å². The zero-order valence-electron chi connectivity index (χ0n) is 8.66. The summed E-state index contributed by atoms with van der Waals surface area (Å²) in [6.07, 6.45) is 1.67. The van der Waals surface area contributed by atoms with E-state index in [0.717, 1.165) is 4.47 Å². The summed E-state index contributed by atoms with van der Waals surface area (Å²) < 4.78 is 15.2. The molecule has 1 heterocycles. The van der Waals surface area contributed by atoms with Gasteiger partial charge in [0, 0.05) is 21.8 Å². The molecule has 0 fully saturated rings. The average molecular weight is 317 g/mol. The number of hydrogen-bond donors (Lipinski definition) is 0. The minimum atomic E-state index is -0.389. The average Bonchev–Trinajstić information content (AvgIpc) is 2.27. The first-order chi connectivity index (χ1) is 8.06. The van der Waals surface area contributed by atoms with Crippen LogP contribution in [0, 0.1) is 5.82 Å². The van der Waals surface area contributed by atoms with Crippen LogP contribution in [0.25, 0.3) is 0 Å². The molecule has 0 radical (unpaired) electrons. The van der Waals surface area contributed by atoms with E-state index in [0.29, 0.717) is 17.1 Å². The summed E-state index contributed by atoms with van der Waals surface area (Å²) in [7, 11) is 0. The van der Waals surface area contributed by atoms with Gasteiger partial charge in [-0.2, -0.15) is 0 Å². The van der Waals surface area contributed by atoms with Gasteiger partial charge < -0.3 is 4.57 Å². The second kappa shape index (κ2) is 5.02. The van der Waals surface area contributed by atoms with E-state index in [4.69, 9.17) is 11.6 Å². The lowest BCUT2D eigenvalue weighted by molar-refractivity contribution is 0.626. The van der Waals surface area contributed by atoms with Gasteiger partial charge in [0.1, 0.15) is 5.82 Å². The van der Waals surface area contributed by atoms with Crippen molar-refractivity contribution in [2.75, 3.05) is 0 Å². The molecule has 1 aromatic heterocycles. The van der Waals surface area contributed by atoms with E-state index in [1.807, 2.05) is 0 Å². The summed E-state index contributed by atoms with van der Waals surface area (Å²) in [5, 5.41) is 0.317. The number of pyridine rings is 1. The quantitative estimate of drug-likeness (QED) is 0.832. The summed E-state index contributed by atoms with van der Waals surface area (Å²) >= 11 is 9.19. The number of halogens is 3. The van der Waals surface area contributed by atoms with Gasteiger partial charge in [-0.05, 0) is 39.7 Å². The van der Waals surface area contributed by atoms with E-state index >= 15 is 0 Å². The molecule has 0 saturated carbocycles. The van der Waals surface area contributed by atoms with Gasteiger partial charge in [0.25, 0.3) is 5.56 Å². The molecule has 17 heavy (non-hydrogen) atoms. The molecule has 0 N–H and O–H groups in total. The van der Waals surface area contributed by atoms with E-state index in [1.165, 1.54) is 22.8 Å². The first-order valence-corrected chi connectivity index (χ1v) is 6.03. The summed E-state index contributed by atoms with van der Waals surface area (Å²) in [5.41, 5.74) is 0.571. The monoisotopic (exact) mass is 315 g/mol. The standard InChI is InChI=1S/C12H8BrClFNO/c13-9-2-4-12(17)16(7-9)6-8-1-3-10(15)5-11(8)14/h1-5,7H,6H2. The fourth-order valence-corrected chi connectivity index (χ4v) is 2.07. The van der Waals surface area contributed by atoms with Gasteiger partial charge in [-0.1, -0.05) is 17.7 Å². The van der Waals surface area contributed by atoms with Crippen LogP contribution in [0.3, 0.4) is 0 Å². The van der Waals surface area contributed by atoms with E-state index in [1.54, 1.807) is 18.3 Å². The highest BCUT2D eigenvalue weighted by Gasteiger charge is 2.04. The molecule has 0 aliphatic heterocycles. The van der Waals surface area contributed by atoms with Crippen LogP contribution in [0.5, 0.6) is 0 Å². The Morgan fingerprint density at radius 3 is 2.76 bits per heavy atom. The molecule has 2 rings (SSSR count). The first-order valence-electron chi connectivity index (χ1n) is 4.86. The van der Waals surface area contributed by atoms with Crippen molar-refractivity contribution in [3.8, 4) is 0 Å². The van der Waals surface area contributed by atoms with Crippen molar-refractivity contribution in [1.82, 2.24) is 4.57 Å². The highest BCUT2D eigenvalue weighted by molar-refractivity contribution is 9.10. The molecule has 0 bridgehead atoms. The largest absolute Gasteiger partial charge is 0.310 e. The van der Waals surface area contributed by atoms with E-state index < -0.39 is 0 Å². The Hall–Kier alpha value is -1.13. The molecule has 0 amide bonds. The number of hydrogen-bond acceptors (Lipinski definition) is 1. The maximum atomic E-state index is 12.9. The fraction of sp³-hybridized carbons (Fsp3) is 0.0833. The van der Waals surface area contributed by atoms with Crippen molar-refractivity contribution < 1.29 is 4.39 Å². The van der Waals surface area contributed by atoms with Gasteiger partial charge in [0.15, 0.2) is 0 Å². The molecule has 0 saturated heterocycles. The predicted molar refractivity (Wildman–Crippen MR) is 68.9 cm³/mol. The van der Waals surface area contributed by atoms with Crippen molar-refractivity contribution in [3.05, 3.63) is 67.8 Å². The zero-order chi connectivity index (χ0) is 12.4. The van der Waals surface area contributed by atoms with Gasteiger partial charge in [0.2, 0.25) is 0 Å². The summed E-state index contributed by atoms with van der Waals surface area (Å²) in [5.74, 6) is -0.389. The lowest BCUT2D eigenvalue weighted by Gasteiger charge is -2.07. The van der Waals surface area contributed by atoms with Crippen LogP contribution in [0.15, 0.2) is 45.8 Å². The van der Waals surface area contributed by atoms with Gasteiger partial charge >= 0.3 is 0 Å². The van der Waals surface area contributed by atoms with Crippen LogP contribution in [0.2, 0.25) is 5.02 Å². The van der Waals surface area contributed by atoms with Gasteiger partial charge in [-0.15, -0.1) is 0 Å². The SMILES string of the molecule is O=c1ccc(Br)cn1Cc1ccc(F)cc1Cl. The Morgan fingerprint density at radius 1 is 1.29 bits per heavy atom. The van der Waals surface area contributed by atoms with Crippen molar-refractivity contribution in [1.29, 1.82) is 0 Å². The van der Waals surface area contributed by atoms with Crippen molar-refractivity contribution in [2.24, 2.45) is 0 Å². The highest BCUT2D eigenvalue weighted by Crippen LogP contribution is 2.18. The Balaban J connectivity index is 2.38. The van der Waals surface area contributed by atoms with Crippen molar-refractivity contribution in [2.45, 2.75) is 6.54 Å². The molecule has 2 nitrogen and oxygen atoms in total. The van der Waals surface area contributed by atoms with Crippen LogP contribution >= 0.6 is 27.5 Å². The number of aromatic nitrogens is 1. The lowest BCUT2D eigenvalue weighted by Crippen LogP contribution is -2.18. The minimum Gasteiger partial charge on any atom is -0.310 e. The summed E-state index contributed by atoms with van der Waals surface area (Å²) in [4.78, 5) is 11.6. The minimum absolute atomic E-state index is 0.131. The number of rotatable bonds is 2. The Morgan fingerprint density at radius 2 is 2.06 bits per heavy atom. The summed E-state index contributed by atoms with van der Waals surface area (Å²) in [6, 6.07) is 7.27. The fourth-order valence-electron chi connectivity index (χ4n) is 1.46. The number of nitrogens with zero attached hydrogens (tertiary/aromatic N) is 1. The van der Waals surface area contributed by atoms with Crippen LogP contribution in [0.4, 0.5) is 4.39 Å². The molecule has 0 aliphatic carbocycles. The second-order valence-corrected chi connectivity index (χ2v) is 4.87. The Kier molecular flexibility index (Phi) is 3.64. The van der Waals surface area contributed by atoms with Gasteiger partial charge in [-0.25, -0.2) is 4.39 Å². The second-order valence-electron chi connectivity index (χ2n) is 3.55. The third-order valence-corrected chi connectivity index (χ3v) is 3.12. The van der Waals surface area contributed by atoms with Crippen molar-refractivity contribution in [3.63, 3.8) is 0 Å². The molecular formula is C12H8BrClFNO. The van der Waals surface area contributed by atoms with E-state index in [-0.39, 0.29) is 11.4 Å². The lowest BCUT2D eigenvalue weighted by atomic mass is 10.2. The van der Waals surface area contributed by atoms with E-state index in [9.17, 15) is 9.18 Å². The highest BCUT2D eigenvalue weighted by atomic mass is 79.9. The topological polar surface area (TPSA) is 22.0 Å². The molecular weight excluding hydrogens is 308 g/mol. The molecule has 5 heteroatoms. The Labute approximate surface area is 111 Å². The molecule has 0 atom stereocenters. The molecule has 2 aromatic rings. The Bertz CT molecular complexity index is 612. The van der Waals surface area contributed by atoms with Crippen LogP contribution in [-0.2, 0) is 6.54 Å². The molecule has 1 aromatic carbocycles. The molecule has 0 unspecified atom stereocenters. The van der Waals surface area contributed by atoms with E-state index in [2.05, 4.69) is 15.9 Å². The maximum Gasteiger partial charge on any atom is 0.250 e. The van der Waals surface area contributed by atoms with Gasteiger partial charge in [0.05, 0.1) is 6.54 Å². The third kappa shape index (κ3) is 2.96. The predicted octanol–water partition coefficient (Wildman–Crippen LogP) is 3.45. The normalized spacial score (nSPS) is 10.5. The first kappa shape index (κ1) is 12.3. The number of benzene rings is 1. The summed E-state index contributed by atoms with van der Waals surface area (Å²) in [6.45, 7) is 0.317. The molecule has 0 aliphatic rings. The van der Waals surface area contributed by atoms with Crippen molar-refractivity contribution >= 4 is 27.5 Å². The van der Waals surface area contributed by atoms with Gasteiger partial charge in [-0.3, -0.25) is 4.79 Å². The molecule has 88 valence electrons. The third-order valence-electron chi connectivity index (χ3n) is 2.30. The van der Waals surface area contributed by atoms with Crippen LogP contribution < -0.4 is 5.56 Å². The molecule has 0 spiro atoms. The smallest absolute Gasteiger partial charge is 0.250 e. The maximum absolute atomic E-state index is 12.9.